The topological polar surface area (TPSA) is 70.2 Å². The van der Waals surface area contributed by atoms with Crippen molar-refractivity contribution in [3.8, 4) is 0 Å². The van der Waals surface area contributed by atoms with Crippen LogP contribution in [-0.4, -0.2) is 25.0 Å². The Kier molecular flexibility index (Phi) is 6.90. The zero-order chi connectivity index (χ0) is 20.9. The van der Waals surface area contributed by atoms with Gasteiger partial charge in [0.1, 0.15) is 0 Å². The highest BCUT2D eigenvalue weighted by Crippen LogP contribution is 2.28. The average molecular weight is 414 g/mol. The highest BCUT2D eigenvalue weighted by molar-refractivity contribution is 6.31. The molecule has 9 heteroatoms. The minimum absolute atomic E-state index is 0.238. The number of benzene rings is 2. The second kappa shape index (κ2) is 8.97. The van der Waals surface area contributed by atoms with Crippen LogP contribution in [0.5, 0.6) is 0 Å². The van der Waals surface area contributed by atoms with Crippen molar-refractivity contribution in [2.75, 3.05) is 18.4 Å². The summed E-state index contributed by atoms with van der Waals surface area (Å²) in [5.41, 5.74) is -0.137. The lowest BCUT2D eigenvalue weighted by Crippen LogP contribution is -2.44. The SMILES string of the molecule is CC(C)(CNC(=O)NCC(=O)Nc1ccc(F)c(F)c1F)c1ccccc1Cl. The maximum absolute atomic E-state index is 13.5. The van der Waals surface area contributed by atoms with Gasteiger partial charge in [-0.25, -0.2) is 18.0 Å². The van der Waals surface area contributed by atoms with Crippen molar-refractivity contribution in [3.05, 3.63) is 64.4 Å². The largest absolute Gasteiger partial charge is 0.337 e. The van der Waals surface area contributed by atoms with Crippen LogP contribution in [-0.2, 0) is 10.2 Å². The normalized spacial score (nSPS) is 11.1. The van der Waals surface area contributed by atoms with Gasteiger partial charge in [0.15, 0.2) is 17.5 Å². The first-order valence-corrected chi connectivity index (χ1v) is 8.69. The average Bonchev–Trinajstić information content (AvgIpc) is 2.65. The minimum Gasteiger partial charge on any atom is -0.337 e. The minimum atomic E-state index is -1.69. The highest BCUT2D eigenvalue weighted by atomic mass is 35.5. The van der Waals surface area contributed by atoms with Crippen molar-refractivity contribution in [2.45, 2.75) is 19.3 Å². The van der Waals surface area contributed by atoms with E-state index in [9.17, 15) is 22.8 Å². The van der Waals surface area contributed by atoms with Crippen molar-refractivity contribution in [1.29, 1.82) is 0 Å². The molecule has 0 heterocycles. The van der Waals surface area contributed by atoms with E-state index < -0.39 is 47.0 Å². The number of carbonyl (C=O) groups excluding carboxylic acids is 2. The van der Waals surface area contributed by atoms with E-state index in [0.29, 0.717) is 11.1 Å². The molecular weight excluding hydrogens is 395 g/mol. The molecule has 0 aliphatic rings. The molecule has 0 unspecified atom stereocenters. The standard InChI is InChI=1S/C19H19ClF3N3O2/c1-19(2,11-5-3-4-6-12(11)20)10-25-18(28)24-9-15(27)26-14-8-7-13(21)16(22)17(14)23/h3-8H,9-10H2,1-2H3,(H,26,27)(H2,24,25,28). The molecule has 2 rings (SSSR count). The van der Waals surface area contributed by atoms with E-state index in [4.69, 9.17) is 11.6 Å². The number of nitrogens with one attached hydrogen (secondary N) is 3. The summed E-state index contributed by atoms with van der Waals surface area (Å²) in [6.07, 6.45) is 0. The van der Waals surface area contributed by atoms with E-state index in [0.717, 1.165) is 11.6 Å². The third-order valence-electron chi connectivity index (χ3n) is 4.01. The van der Waals surface area contributed by atoms with Crippen LogP contribution >= 0.6 is 11.6 Å². The lowest BCUT2D eigenvalue weighted by molar-refractivity contribution is -0.115. The molecule has 0 atom stereocenters. The molecule has 0 radical (unpaired) electrons. The van der Waals surface area contributed by atoms with Crippen LogP contribution in [0.4, 0.5) is 23.7 Å². The summed E-state index contributed by atoms with van der Waals surface area (Å²) < 4.78 is 39.6. The van der Waals surface area contributed by atoms with E-state index >= 15 is 0 Å². The van der Waals surface area contributed by atoms with Gasteiger partial charge in [-0.2, -0.15) is 0 Å². The molecule has 2 aromatic carbocycles. The predicted molar refractivity (Wildman–Crippen MR) is 101 cm³/mol. The van der Waals surface area contributed by atoms with E-state index in [1.165, 1.54) is 0 Å². The number of rotatable bonds is 6. The van der Waals surface area contributed by atoms with E-state index in [2.05, 4.69) is 16.0 Å². The fraction of sp³-hybridized carbons (Fsp3) is 0.263. The number of carbonyl (C=O) groups is 2. The lowest BCUT2D eigenvalue weighted by Gasteiger charge is -2.26. The zero-order valence-corrected chi connectivity index (χ0v) is 16.0. The Labute approximate surface area is 165 Å². The molecule has 3 N–H and O–H groups in total. The Morgan fingerprint density at radius 2 is 1.68 bits per heavy atom. The second-order valence-electron chi connectivity index (χ2n) is 6.67. The van der Waals surface area contributed by atoms with Crippen molar-refractivity contribution in [1.82, 2.24) is 10.6 Å². The molecule has 0 aromatic heterocycles. The maximum atomic E-state index is 13.5. The lowest BCUT2D eigenvalue weighted by atomic mass is 9.84. The number of hydrogen-bond acceptors (Lipinski definition) is 2. The van der Waals surface area contributed by atoms with Gasteiger partial charge in [-0.15, -0.1) is 0 Å². The molecular formula is C19H19ClF3N3O2. The van der Waals surface area contributed by atoms with Gasteiger partial charge in [0.05, 0.1) is 12.2 Å². The number of halogens is 4. The summed E-state index contributed by atoms with van der Waals surface area (Å²) in [7, 11) is 0. The molecule has 3 amide bonds. The Hall–Kier alpha value is -2.74. The van der Waals surface area contributed by atoms with Crippen molar-refractivity contribution < 1.29 is 22.8 Å². The van der Waals surface area contributed by atoms with Gasteiger partial charge in [-0.1, -0.05) is 43.6 Å². The molecule has 0 aliphatic carbocycles. The molecule has 0 spiro atoms. The summed E-state index contributed by atoms with van der Waals surface area (Å²) in [5, 5.41) is 7.56. The number of amides is 3. The summed E-state index contributed by atoms with van der Waals surface area (Å²) in [4.78, 5) is 23.7. The summed E-state index contributed by atoms with van der Waals surface area (Å²) in [6.45, 7) is 3.54. The van der Waals surface area contributed by atoms with E-state index in [1.54, 1.807) is 12.1 Å². The summed E-state index contributed by atoms with van der Waals surface area (Å²) >= 11 is 6.18. The third kappa shape index (κ3) is 5.39. The van der Waals surface area contributed by atoms with Crippen molar-refractivity contribution in [3.63, 3.8) is 0 Å². The number of anilines is 1. The van der Waals surface area contributed by atoms with Gasteiger partial charge in [0, 0.05) is 17.0 Å². The summed E-state index contributed by atoms with van der Waals surface area (Å²) in [5.74, 6) is -5.37. The van der Waals surface area contributed by atoms with Crippen molar-refractivity contribution in [2.24, 2.45) is 0 Å². The van der Waals surface area contributed by atoms with Crippen LogP contribution in [0, 0.1) is 17.5 Å². The monoisotopic (exact) mass is 413 g/mol. The van der Waals surface area contributed by atoms with Gasteiger partial charge in [-0.3, -0.25) is 4.79 Å². The fourth-order valence-corrected chi connectivity index (χ4v) is 2.84. The Bertz CT molecular complexity index is 891. The van der Waals surface area contributed by atoms with Crippen LogP contribution in [0.3, 0.4) is 0 Å². The predicted octanol–water partition coefficient (Wildman–Crippen LogP) is 3.97. The molecule has 0 aliphatic heterocycles. The van der Waals surface area contributed by atoms with Crippen LogP contribution in [0.2, 0.25) is 5.02 Å². The molecule has 28 heavy (non-hydrogen) atoms. The van der Waals surface area contributed by atoms with Crippen LogP contribution in [0.15, 0.2) is 36.4 Å². The Balaban J connectivity index is 1.85. The first-order valence-electron chi connectivity index (χ1n) is 8.32. The molecule has 0 fully saturated rings. The molecule has 150 valence electrons. The van der Waals surface area contributed by atoms with Crippen LogP contribution in [0.1, 0.15) is 19.4 Å². The first-order chi connectivity index (χ1) is 13.1. The van der Waals surface area contributed by atoms with Gasteiger partial charge in [0.2, 0.25) is 5.91 Å². The fourth-order valence-electron chi connectivity index (χ4n) is 2.45. The van der Waals surface area contributed by atoms with Crippen LogP contribution in [0.25, 0.3) is 0 Å². The first kappa shape index (κ1) is 21.6. The Morgan fingerprint density at radius 3 is 2.36 bits per heavy atom. The van der Waals surface area contributed by atoms with E-state index in [-0.39, 0.29) is 6.54 Å². The van der Waals surface area contributed by atoms with Crippen LogP contribution < -0.4 is 16.0 Å². The van der Waals surface area contributed by atoms with Gasteiger partial charge < -0.3 is 16.0 Å². The van der Waals surface area contributed by atoms with Gasteiger partial charge in [0.25, 0.3) is 0 Å². The van der Waals surface area contributed by atoms with Gasteiger partial charge >= 0.3 is 6.03 Å². The second-order valence-corrected chi connectivity index (χ2v) is 7.08. The quantitative estimate of drug-likeness (QED) is 0.627. The Morgan fingerprint density at radius 1 is 1.00 bits per heavy atom. The molecule has 0 saturated heterocycles. The smallest absolute Gasteiger partial charge is 0.315 e. The molecule has 0 saturated carbocycles. The number of hydrogen-bond donors (Lipinski definition) is 3. The molecule has 5 nitrogen and oxygen atoms in total. The maximum Gasteiger partial charge on any atom is 0.315 e. The molecule has 0 bridgehead atoms. The highest BCUT2D eigenvalue weighted by Gasteiger charge is 2.24. The van der Waals surface area contributed by atoms with E-state index in [1.807, 2.05) is 26.0 Å². The number of urea groups is 1. The zero-order valence-electron chi connectivity index (χ0n) is 15.2. The van der Waals surface area contributed by atoms with Crippen molar-refractivity contribution >= 4 is 29.2 Å². The third-order valence-corrected chi connectivity index (χ3v) is 4.34. The molecule has 2 aromatic rings. The summed E-state index contributed by atoms with van der Waals surface area (Å²) in [6, 6.07) is 8.19. The van der Waals surface area contributed by atoms with Gasteiger partial charge in [-0.05, 0) is 23.8 Å².